The maximum absolute atomic E-state index is 12.9. The Bertz CT molecular complexity index is 590. The second-order valence-corrected chi connectivity index (χ2v) is 5.85. The molecule has 0 N–H and O–H groups in total. The number of methoxy groups -OCH3 is 2. The minimum atomic E-state index is -0.598. The first-order chi connectivity index (χ1) is 11.7. The quantitative estimate of drug-likeness (QED) is 0.744. The summed E-state index contributed by atoms with van der Waals surface area (Å²) in [5, 5.41) is 0. The smallest absolute Gasteiger partial charge is 0.248 e. The number of amides is 2. The Balaban J connectivity index is 1.81. The molecule has 3 rings (SSSR count). The standard InChI is InChI=1S/C17H22N2O5/c1-22-15(23-2)10-18-9-8-14(20)19-13(16(18)21)11-24-17(19)12-6-4-3-5-7-12/h3-7,13,15,17H,8-11H2,1-2H3/t13-,17-/m0/s1. The molecule has 2 heterocycles. The maximum atomic E-state index is 12.9. The third kappa shape index (κ3) is 3.15. The van der Waals surface area contributed by atoms with Crippen molar-refractivity contribution in [2.45, 2.75) is 25.0 Å². The number of fused-ring (bicyclic) bond motifs is 1. The molecule has 2 aliphatic rings. The molecule has 0 aromatic heterocycles. The van der Waals surface area contributed by atoms with Gasteiger partial charge in [0.2, 0.25) is 11.8 Å². The van der Waals surface area contributed by atoms with E-state index in [1.807, 2.05) is 30.3 Å². The predicted molar refractivity (Wildman–Crippen MR) is 84.8 cm³/mol. The third-order valence-corrected chi connectivity index (χ3v) is 4.46. The summed E-state index contributed by atoms with van der Waals surface area (Å²) in [6, 6.07) is 8.90. The van der Waals surface area contributed by atoms with Crippen LogP contribution in [0.15, 0.2) is 30.3 Å². The van der Waals surface area contributed by atoms with Gasteiger partial charge in [-0.05, 0) is 0 Å². The molecule has 2 amide bonds. The largest absolute Gasteiger partial charge is 0.354 e. The van der Waals surface area contributed by atoms with E-state index in [1.54, 1.807) is 9.80 Å². The average Bonchev–Trinajstić information content (AvgIpc) is 3.02. The zero-order valence-electron chi connectivity index (χ0n) is 13.9. The van der Waals surface area contributed by atoms with Crippen molar-refractivity contribution in [1.29, 1.82) is 0 Å². The Labute approximate surface area is 141 Å². The van der Waals surface area contributed by atoms with Crippen molar-refractivity contribution >= 4 is 11.8 Å². The van der Waals surface area contributed by atoms with Crippen molar-refractivity contribution in [2.24, 2.45) is 0 Å². The highest BCUT2D eigenvalue weighted by Crippen LogP contribution is 2.33. The summed E-state index contributed by atoms with van der Waals surface area (Å²) in [5.74, 6) is -0.202. The van der Waals surface area contributed by atoms with Crippen LogP contribution in [-0.2, 0) is 23.8 Å². The van der Waals surface area contributed by atoms with E-state index in [-0.39, 0.29) is 24.8 Å². The summed E-state index contributed by atoms with van der Waals surface area (Å²) in [6.07, 6.45) is -0.758. The molecule has 2 saturated heterocycles. The molecule has 2 aliphatic heterocycles. The number of carbonyl (C=O) groups excluding carboxylic acids is 2. The Morgan fingerprint density at radius 1 is 1.21 bits per heavy atom. The lowest BCUT2D eigenvalue weighted by Crippen LogP contribution is -2.47. The van der Waals surface area contributed by atoms with Crippen molar-refractivity contribution in [3.05, 3.63) is 35.9 Å². The first kappa shape index (κ1) is 16.9. The van der Waals surface area contributed by atoms with Gasteiger partial charge in [-0.2, -0.15) is 0 Å². The van der Waals surface area contributed by atoms with Crippen LogP contribution in [0.4, 0.5) is 0 Å². The van der Waals surface area contributed by atoms with Gasteiger partial charge in [-0.25, -0.2) is 0 Å². The Morgan fingerprint density at radius 2 is 1.92 bits per heavy atom. The summed E-state index contributed by atoms with van der Waals surface area (Å²) in [4.78, 5) is 28.7. The summed E-state index contributed by atoms with van der Waals surface area (Å²) in [7, 11) is 3.05. The molecule has 1 aromatic rings. The fourth-order valence-corrected chi connectivity index (χ4v) is 3.16. The van der Waals surface area contributed by atoms with Crippen LogP contribution in [-0.4, -0.2) is 67.9 Å². The molecule has 2 atom stereocenters. The zero-order chi connectivity index (χ0) is 17.1. The molecule has 2 fully saturated rings. The molecule has 7 heteroatoms. The third-order valence-electron chi connectivity index (χ3n) is 4.46. The van der Waals surface area contributed by atoms with Gasteiger partial charge in [0, 0.05) is 32.7 Å². The molecule has 0 aliphatic carbocycles. The van der Waals surface area contributed by atoms with Crippen molar-refractivity contribution in [2.75, 3.05) is 33.9 Å². The van der Waals surface area contributed by atoms with E-state index < -0.39 is 18.6 Å². The number of ether oxygens (including phenoxy) is 3. The highest BCUT2D eigenvalue weighted by atomic mass is 16.7. The number of carbonyl (C=O) groups is 2. The number of benzene rings is 1. The number of hydrogen-bond donors (Lipinski definition) is 0. The van der Waals surface area contributed by atoms with E-state index in [2.05, 4.69) is 0 Å². The second kappa shape index (κ2) is 7.29. The van der Waals surface area contributed by atoms with E-state index in [0.29, 0.717) is 13.1 Å². The highest BCUT2D eigenvalue weighted by molar-refractivity contribution is 5.90. The van der Waals surface area contributed by atoms with Crippen LogP contribution < -0.4 is 0 Å². The SMILES string of the molecule is COC(CN1CCC(=O)N2[C@@H](CO[C@H]2c2ccccc2)C1=O)OC. The molecule has 0 unspecified atom stereocenters. The fraction of sp³-hybridized carbons (Fsp3) is 0.529. The van der Waals surface area contributed by atoms with Gasteiger partial charge in [0.25, 0.3) is 0 Å². The minimum absolute atomic E-state index is 0.0754. The van der Waals surface area contributed by atoms with Gasteiger partial charge in [0.05, 0.1) is 13.2 Å². The summed E-state index contributed by atoms with van der Waals surface area (Å²) in [5.41, 5.74) is 0.876. The molecule has 0 radical (unpaired) electrons. The van der Waals surface area contributed by atoms with Crippen LogP contribution in [0.25, 0.3) is 0 Å². The van der Waals surface area contributed by atoms with Gasteiger partial charge in [0.15, 0.2) is 12.5 Å². The van der Waals surface area contributed by atoms with Gasteiger partial charge in [-0.3, -0.25) is 14.5 Å². The van der Waals surface area contributed by atoms with E-state index in [9.17, 15) is 9.59 Å². The molecule has 24 heavy (non-hydrogen) atoms. The molecule has 1 aromatic carbocycles. The topological polar surface area (TPSA) is 68.3 Å². The van der Waals surface area contributed by atoms with Gasteiger partial charge < -0.3 is 19.1 Å². The molecular weight excluding hydrogens is 312 g/mol. The second-order valence-electron chi connectivity index (χ2n) is 5.85. The highest BCUT2D eigenvalue weighted by Gasteiger charge is 2.46. The Morgan fingerprint density at radius 3 is 2.58 bits per heavy atom. The lowest BCUT2D eigenvalue weighted by Gasteiger charge is -2.28. The van der Waals surface area contributed by atoms with E-state index in [1.165, 1.54) is 14.2 Å². The van der Waals surface area contributed by atoms with Gasteiger partial charge in [-0.15, -0.1) is 0 Å². The first-order valence-corrected chi connectivity index (χ1v) is 7.97. The van der Waals surface area contributed by atoms with E-state index in [4.69, 9.17) is 14.2 Å². The number of nitrogens with zero attached hydrogens (tertiary/aromatic N) is 2. The molecule has 0 saturated carbocycles. The van der Waals surface area contributed by atoms with Crippen LogP contribution in [0.2, 0.25) is 0 Å². The normalized spacial score (nSPS) is 24.5. The maximum Gasteiger partial charge on any atom is 0.248 e. The molecule has 130 valence electrons. The van der Waals surface area contributed by atoms with Crippen LogP contribution >= 0.6 is 0 Å². The van der Waals surface area contributed by atoms with Crippen molar-refractivity contribution in [3.8, 4) is 0 Å². The fourth-order valence-electron chi connectivity index (χ4n) is 3.16. The van der Waals surface area contributed by atoms with Crippen molar-refractivity contribution < 1.29 is 23.8 Å². The molecule has 7 nitrogen and oxygen atoms in total. The summed E-state index contributed by atoms with van der Waals surface area (Å²) in [6.45, 7) is 0.847. The zero-order valence-corrected chi connectivity index (χ0v) is 13.9. The first-order valence-electron chi connectivity index (χ1n) is 7.97. The van der Waals surface area contributed by atoms with E-state index in [0.717, 1.165) is 5.56 Å². The van der Waals surface area contributed by atoms with Crippen LogP contribution in [0.1, 0.15) is 18.2 Å². The van der Waals surface area contributed by atoms with Gasteiger partial charge in [0.1, 0.15) is 6.04 Å². The Hall–Kier alpha value is -1.96. The average molecular weight is 334 g/mol. The van der Waals surface area contributed by atoms with Crippen LogP contribution in [0.3, 0.4) is 0 Å². The monoisotopic (exact) mass is 334 g/mol. The minimum Gasteiger partial charge on any atom is -0.354 e. The molecule has 0 bridgehead atoms. The molecule has 0 spiro atoms. The van der Waals surface area contributed by atoms with Crippen molar-refractivity contribution in [1.82, 2.24) is 9.80 Å². The number of hydrogen-bond acceptors (Lipinski definition) is 5. The summed E-state index contributed by atoms with van der Waals surface area (Å²) >= 11 is 0. The summed E-state index contributed by atoms with van der Waals surface area (Å²) < 4.78 is 16.1. The lowest BCUT2D eigenvalue weighted by atomic mass is 10.1. The van der Waals surface area contributed by atoms with Crippen LogP contribution in [0, 0.1) is 0 Å². The van der Waals surface area contributed by atoms with Crippen LogP contribution in [0.5, 0.6) is 0 Å². The predicted octanol–water partition coefficient (Wildman–Crippen LogP) is 0.764. The lowest BCUT2D eigenvalue weighted by molar-refractivity contribution is -0.148. The Kier molecular flexibility index (Phi) is 5.13. The molecular formula is C17H22N2O5. The number of rotatable bonds is 5. The van der Waals surface area contributed by atoms with E-state index >= 15 is 0 Å². The van der Waals surface area contributed by atoms with Gasteiger partial charge in [-0.1, -0.05) is 30.3 Å². The van der Waals surface area contributed by atoms with Gasteiger partial charge >= 0.3 is 0 Å². The van der Waals surface area contributed by atoms with Crippen molar-refractivity contribution in [3.63, 3.8) is 0 Å².